The van der Waals surface area contributed by atoms with Crippen LogP contribution >= 0.6 is 0 Å². The molecule has 0 heterocycles. The van der Waals surface area contributed by atoms with Crippen LogP contribution in [0.1, 0.15) is 25.3 Å². The summed E-state index contributed by atoms with van der Waals surface area (Å²) in [5, 5.41) is 26.0. The van der Waals surface area contributed by atoms with Gasteiger partial charge in [-0.05, 0) is 25.3 Å². The van der Waals surface area contributed by atoms with E-state index < -0.39 is 54.5 Å². The van der Waals surface area contributed by atoms with Gasteiger partial charge >= 0.3 is 5.97 Å². The van der Waals surface area contributed by atoms with Gasteiger partial charge in [-0.1, -0.05) is 30.3 Å². The lowest BCUT2D eigenvalue weighted by atomic mass is 10.1. The van der Waals surface area contributed by atoms with Crippen LogP contribution < -0.4 is 33.2 Å². The van der Waals surface area contributed by atoms with Gasteiger partial charge in [0, 0.05) is 13.0 Å². The van der Waals surface area contributed by atoms with Crippen molar-refractivity contribution in [2.45, 2.75) is 50.4 Å². The molecule has 1 aromatic carbocycles. The fraction of sp³-hybridized carbons (Fsp3) is 0.476. The van der Waals surface area contributed by atoms with Crippen molar-refractivity contribution in [3.8, 4) is 0 Å². The molecule has 4 atom stereocenters. The molecule has 1 aromatic rings. The number of benzene rings is 1. The Hall–Kier alpha value is -3.71. The summed E-state index contributed by atoms with van der Waals surface area (Å²) in [6.45, 7) is 0.898. The Morgan fingerprint density at radius 1 is 0.971 bits per heavy atom. The maximum Gasteiger partial charge on any atom is 0.326 e. The van der Waals surface area contributed by atoms with Gasteiger partial charge in [0.15, 0.2) is 5.96 Å². The first-order chi connectivity index (χ1) is 16.0. The predicted octanol–water partition coefficient (Wildman–Crippen LogP) is -2.84. The molecule has 0 aliphatic heterocycles. The van der Waals surface area contributed by atoms with Crippen LogP contribution in [0.2, 0.25) is 0 Å². The zero-order valence-corrected chi connectivity index (χ0v) is 18.9. The number of aliphatic carboxylic acids is 1. The topological polar surface area (TPSA) is 235 Å². The lowest BCUT2D eigenvalue weighted by Crippen LogP contribution is -2.57. The standard InChI is InChI=1S/C21H33N7O6/c1-12(26-18(31)14(22)8-5-9-25-21(23)24)17(30)28-16(11-29)19(32)27-15(20(33)34)10-13-6-3-2-4-7-13/h2-4,6-7,12,14-16,29H,5,8-11,22H2,1H3,(H,26,31)(H,27,32)(H,28,30)(H,33,34)(H4,23,24,25). The van der Waals surface area contributed by atoms with Crippen LogP contribution in [-0.2, 0) is 25.6 Å². The van der Waals surface area contributed by atoms with Crippen molar-refractivity contribution < 1.29 is 29.4 Å². The minimum absolute atomic E-state index is 0.0154. The van der Waals surface area contributed by atoms with Crippen LogP contribution in [0.25, 0.3) is 0 Å². The molecule has 34 heavy (non-hydrogen) atoms. The number of aliphatic hydroxyl groups is 1. The lowest BCUT2D eigenvalue weighted by Gasteiger charge is -2.22. The van der Waals surface area contributed by atoms with Crippen molar-refractivity contribution in [2.75, 3.05) is 13.2 Å². The molecule has 0 aromatic heterocycles. The molecule has 0 fully saturated rings. The number of hydrogen-bond donors (Lipinski definition) is 8. The van der Waals surface area contributed by atoms with Crippen molar-refractivity contribution in [2.24, 2.45) is 22.2 Å². The van der Waals surface area contributed by atoms with Crippen molar-refractivity contribution in [3.05, 3.63) is 35.9 Å². The summed E-state index contributed by atoms with van der Waals surface area (Å²) in [5.74, 6) is -3.57. The zero-order valence-electron chi connectivity index (χ0n) is 18.9. The first-order valence-electron chi connectivity index (χ1n) is 10.6. The zero-order chi connectivity index (χ0) is 25.7. The number of rotatable bonds is 14. The molecule has 0 aliphatic carbocycles. The van der Waals surface area contributed by atoms with Crippen molar-refractivity contribution in [3.63, 3.8) is 0 Å². The third-order valence-electron chi connectivity index (χ3n) is 4.77. The SMILES string of the molecule is CC(NC(=O)C(N)CCCN=C(N)N)C(=O)NC(CO)C(=O)NC(Cc1ccccc1)C(=O)O. The van der Waals surface area contributed by atoms with Crippen LogP contribution in [0.15, 0.2) is 35.3 Å². The summed E-state index contributed by atoms with van der Waals surface area (Å²) >= 11 is 0. The number of guanidine groups is 1. The molecule has 3 amide bonds. The van der Waals surface area contributed by atoms with Crippen molar-refractivity contribution in [1.82, 2.24) is 16.0 Å². The van der Waals surface area contributed by atoms with E-state index in [0.717, 1.165) is 0 Å². The van der Waals surface area contributed by atoms with E-state index >= 15 is 0 Å². The van der Waals surface area contributed by atoms with E-state index in [9.17, 15) is 29.4 Å². The van der Waals surface area contributed by atoms with E-state index in [1.807, 2.05) is 0 Å². The lowest BCUT2D eigenvalue weighted by molar-refractivity contribution is -0.142. The van der Waals surface area contributed by atoms with E-state index in [1.54, 1.807) is 30.3 Å². The summed E-state index contributed by atoms with van der Waals surface area (Å²) in [6, 6.07) is 4.00. The quantitative estimate of drug-likeness (QED) is 0.0778. The average Bonchev–Trinajstić information content (AvgIpc) is 2.79. The number of carboxylic acids is 1. The molecule has 0 radical (unpaired) electrons. The molecule has 0 saturated carbocycles. The summed E-state index contributed by atoms with van der Waals surface area (Å²) in [4.78, 5) is 52.4. The summed E-state index contributed by atoms with van der Waals surface area (Å²) in [7, 11) is 0. The van der Waals surface area contributed by atoms with Crippen molar-refractivity contribution >= 4 is 29.7 Å². The molecule has 0 aliphatic rings. The predicted molar refractivity (Wildman–Crippen MR) is 124 cm³/mol. The molecule has 13 heteroatoms. The highest BCUT2D eigenvalue weighted by Crippen LogP contribution is 2.04. The number of carbonyl (C=O) groups is 4. The number of carboxylic acid groups (broad SMARTS) is 1. The second-order valence-electron chi connectivity index (χ2n) is 7.62. The Kier molecular flexibility index (Phi) is 12.0. The van der Waals surface area contributed by atoms with Gasteiger partial charge in [-0.3, -0.25) is 19.4 Å². The smallest absolute Gasteiger partial charge is 0.326 e. The highest BCUT2D eigenvalue weighted by molar-refractivity contribution is 5.94. The Balaban J connectivity index is 2.60. The number of nitrogens with one attached hydrogen (secondary N) is 3. The molecular weight excluding hydrogens is 446 g/mol. The maximum atomic E-state index is 12.5. The number of aliphatic hydroxyl groups excluding tert-OH is 1. The highest BCUT2D eigenvalue weighted by atomic mass is 16.4. The molecule has 4 unspecified atom stereocenters. The summed E-state index contributed by atoms with van der Waals surface area (Å²) < 4.78 is 0. The molecule has 11 N–H and O–H groups in total. The van der Waals surface area contributed by atoms with Crippen LogP contribution in [0.3, 0.4) is 0 Å². The number of nitrogens with two attached hydrogens (primary N) is 3. The normalized spacial score (nSPS) is 14.1. The van der Waals surface area contributed by atoms with Crippen molar-refractivity contribution in [1.29, 1.82) is 0 Å². The Morgan fingerprint density at radius 2 is 1.59 bits per heavy atom. The van der Waals surface area contributed by atoms with Gasteiger partial charge in [-0.15, -0.1) is 0 Å². The molecule has 188 valence electrons. The molecular formula is C21H33N7O6. The van der Waals surface area contributed by atoms with Crippen LogP contribution in [0.5, 0.6) is 0 Å². The number of hydrogen-bond acceptors (Lipinski definition) is 7. The van der Waals surface area contributed by atoms with Crippen LogP contribution in [0.4, 0.5) is 0 Å². The number of carbonyl (C=O) groups excluding carboxylic acids is 3. The monoisotopic (exact) mass is 479 g/mol. The Morgan fingerprint density at radius 3 is 2.15 bits per heavy atom. The summed E-state index contributed by atoms with van der Waals surface area (Å²) in [6.07, 6.45) is 0.742. The van der Waals surface area contributed by atoms with E-state index in [4.69, 9.17) is 17.2 Å². The third-order valence-corrected chi connectivity index (χ3v) is 4.77. The molecule has 0 saturated heterocycles. The first-order valence-corrected chi connectivity index (χ1v) is 10.6. The van der Waals surface area contributed by atoms with E-state index in [0.29, 0.717) is 18.5 Å². The minimum atomic E-state index is -1.42. The van der Waals surface area contributed by atoms with Gasteiger partial charge in [0.2, 0.25) is 17.7 Å². The van der Waals surface area contributed by atoms with Gasteiger partial charge in [0.25, 0.3) is 0 Å². The van der Waals surface area contributed by atoms with E-state index in [-0.39, 0.29) is 18.8 Å². The van der Waals surface area contributed by atoms with Crippen LogP contribution in [-0.4, -0.2) is 77.2 Å². The van der Waals surface area contributed by atoms with E-state index in [1.165, 1.54) is 6.92 Å². The molecule has 1 rings (SSSR count). The minimum Gasteiger partial charge on any atom is -0.480 e. The fourth-order valence-corrected chi connectivity index (χ4v) is 2.85. The second kappa shape index (κ2) is 14.4. The molecule has 13 nitrogen and oxygen atoms in total. The Bertz CT molecular complexity index is 860. The first kappa shape index (κ1) is 28.3. The van der Waals surface area contributed by atoms with Crippen LogP contribution in [0, 0.1) is 0 Å². The van der Waals surface area contributed by atoms with Gasteiger partial charge in [-0.25, -0.2) is 4.79 Å². The second-order valence-corrected chi connectivity index (χ2v) is 7.62. The third kappa shape index (κ3) is 10.3. The highest BCUT2D eigenvalue weighted by Gasteiger charge is 2.28. The van der Waals surface area contributed by atoms with Gasteiger partial charge in [-0.2, -0.15) is 0 Å². The fourth-order valence-electron chi connectivity index (χ4n) is 2.85. The van der Waals surface area contributed by atoms with Gasteiger partial charge in [0.1, 0.15) is 18.1 Å². The molecule has 0 bridgehead atoms. The Labute approximate surface area is 197 Å². The largest absolute Gasteiger partial charge is 0.480 e. The van der Waals surface area contributed by atoms with Gasteiger partial charge in [0.05, 0.1) is 12.6 Å². The van der Waals surface area contributed by atoms with E-state index in [2.05, 4.69) is 20.9 Å². The summed E-state index contributed by atoms with van der Waals surface area (Å²) in [5.41, 5.74) is 16.9. The average molecular weight is 480 g/mol. The number of nitrogens with zero attached hydrogens (tertiary/aromatic N) is 1. The van der Waals surface area contributed by atoms with Gasteiger partial charge < -0.3 is 43.4 Å². The maximum absolute atomic E-state index is 12.5. The molecule has 0 spiro atoms. The number of aliphatic imine (C=N–C) groups is 1. The number of amides is 3.